The minimum atomic E-state index is -1.03. The number of rotatable bonds is 3. The van der Waals surface area contributed by atoms with Crippen LogP contribution in [0.1, 0.15) is 23.0 Å². The van der Waals surface area contributed by atoms with Gasteiger partial charge in [0.1, 0.15) is 5.75 Å². The van der Waals surface area contributed by atoms with E-state index in [1.165, 1.54) is 0 Å². The molecule has 18 heavy (non-hydrogen) atoms. The molecule has 0 heterocycles. The van der Waals surface area contributed by atoms with E-state index in [9.17, 15) is 5.11 Å². The van der Waals surface area contributed by atoms with E-state index in [0.717, 1.165) is 5.56 Å². The molecule has 3 heteroatoms. The molecule has 0 aromatic heterocycles. The van der Waals surface area contributed by atoms with Gasteiger partial charge >= 0.3 is 0 Å². The minimum Gasteiger partial charge on any atom is -0.461 e. The Balaban J connectivity index is 2.09. The van der Waals surface area contributed by atoms with Crippen LogP contribution in [-0.2, 0) is 0 Å². The van der Waals surface area contributed by atoms with Crippen molar-refractivity contribution in [2.45, 2.75) is 13.2 Å². The third-order valence-electron chi connectivity index (χ3n) is 2.59. The number of aryl methyl sites for hydroxylation is 1. The van der Waals surface area contributed by atoms with Gasteiger partial charge in [-0.3, -0.25) is 0 Å². The van der Waals surface area contributed by atoms with Crippen molar-refractivity contribution < 1.29 is 9.84 Å². The van der Waals surface area contributed by atoms with E-state index in [2.05, 4.69) is 0 Å². The van der Waals surface area contributed by atoms with Gasteiger partial charge < -0.3 is 9.84 Å². The number of nitrogens with zero attached hydrogens (tertiary/aromatic N) is 1. The van der Waals surface area contributed by atoms with Crippen molar-refractivity contribution in [2.75, 3.05) is 0 Å². The number of aliphatic hydroxyl groups excluding tert-OH is 1. The SMILES string of the molecule is Cc1ccc(OC(O)c2ccc(C#N)cc2)cc1. The van der Waals surface area contributed by atoms with Crippen molar-refractivity contribution >= 4 is 0 Å². The average Bonchev–Trinajstić information content (AvgIpc) is 2.41. The molecule has 2 aromatic rings. The fraction of sp³-hybridized carbons (Fsp3) is 0.133. The van der Waals surface area contributed by atoms with Gasteiger partial charge in [-0.25, -0.2) is 0 Å². The van der Waals surface area contributed by atoms with Gasteiger partial charge in [0.05, 0.1) is 11.6 Å². The first-order chi connectivity index (χ1) is 8.69. The molecule has 0 fully saturated rings. The summed E-state index contributed by atoms with van der Waals surface area (Å²) in [5.74, 6) is 0.609. The summed E-state index contributed by atoms with van der Waals surface area (Å²) in [6.07, 6.45) is -1.03. The van der Waals surface area contributed by atoms with Crippen LogP contribution in [0.2, 0.25) is 0 Å². The predicted octanol–water partition coefficient (Wildman–Crippen LogP) is 2.94. The molecule has 2 aromatic carbocycles. The molecule has 0 spiro atoms. The molecule has 0 saturated heterocycles. The number of hydrogen-bond acceptors (Lipinski definition) is 3. The second-order valence-electron chi connectivity index (χ2n) is 4.02. The zero-order chi connectivity index (χ0) is 13.0. The lowest BCUT2D eigenvalue weighted by Crippen LogP contribution is -2.06. The fourth-order valence-corrected chi connectivity index (χ4v) is 1.54. The monoisotopic (exact) mass is 239 g/mol. The summed E-state index contributed by atoms with van der Waals surface area (Å²) in [7, 11) is 0. The van der Waals surface area contributed by atoms with E-state index < -0.39 is 6.29 Å². The van der Waals surface area contributed by atoms with E-state index in [-0.39, 0.29) is 0 Å². The summed E-state index contributed by atoms with van der Waals surface area (Å²) < 4.78 is 5.40. The minimum absolute atomic E-state index is 0.557. The normalized spacial score (nSPS) is 11.6. The molecule has 0 radical (unpaired) electrons. The van der Waals surface area contributed by atoms with Crippen LogP contribution in [0.15, 0.2) is 48.5 Å². The summed E-state index contributed by atoms with van der Waals surface area (Å²) in [5, 5.41) is 18.6. The molecule has 3 nitrogen and oxygen atoms in total. The van der Waals surface area contributed by atoms with Crippen LogP contribution in [0.25, 0.3) is 0 Å². The Labute approximate surface area is 106 Å². The molecule has 0 aliphatic heterocycles. The van der Waals surface area contributed by atoms with Crippen LogP contribution in [-0.4, -0.2) is 5.11 Å². The van der Waals surface area contributed by atoms with E-state index in [1.54, 1.807) is 24.3 Å². The summed E-state index contributed by atoms with van der Waals surface area (Å²) in [6.45, 7) is 1.99. The van der Waals surface area contributed by atoms with E-state index in [4.69, 9.17) is 10.00 Å². The van der Waals surface area contributed by atoms with Gasteiger partial charge in [-0.1, -0.05) is 29.8 Å². The quantitative estimate of drug-likeness (QED) is 0.838. The molecule has 0 aliphatic carbocycles. The Morgan fingerprint density at radius 1 is 1.06 bits per heavy atom. The first-order valence-electron chi connectivity index (χ1n) is 5.60. The van der Waals surface area contributed by atoms with Gasteiger partial charge in [-0.05, 0) is 31.2 Å². The predicted molar refractivity (Wildman–Crippen MR) is 67.9 cm³/mol. The maximum Gasteiger partial charge on any atom is 0.224 e. The summed E-state index contributed by atoms with van der Waals surface area (Å²) in [6, 6.07) is 16.1. The molecule has 0 saturated carbocycles. The Bertz CT molecular complexity index is 553. The number of aliphatic hydroxyl groups is 1. The smallest absolute Gasteiger partial charge is 0.224 e. The number of hydrogen-bond donors (Lipinski definition) is 1. The Morgan fingerprint density at radius 3 is 2.22 bits per heavy atom. The van der Waals surface area contributed by atoms with Gasteiger partial charge in [0.25, 0.3) is 0 Å². The standard InChI is InChI=1S/C15H13NO2/c1-11-2-8-14(9-3-11)18-15(17)13-6-4-12(10-16)5-7-13/h2-9,15,17H,1H3. The summed E-state index contributed by atoms with van der Waals surface area (Å²) in [5.41, 5.74) is 2.31. The Kier molecular flexibility index (Phi) is 3.61. The maximum absolute atomic E-state index is 9.90. The second kappa shape index (κ2) is 5.35. The largest absolute Gasteiger partial charge is 0.461 e. The molecular formula is C15H13NO2. The van der Waals surface area contributed by atoms with Crippen molar-refractivity contribution in [1.29, 1.82) is 5.26 Å². The first kappa shape index (κ1) is 12.2. The fourth-order valence-electron chi connectivity index (χ4n) is 1.54. The van der Waals surface area contributed by atoms with Gasteiger partial charge in [-0.2, -0.15) is 5.26 Å². The Hall–Kier alpha value is -2.31. The van der Waals surface area contributed by atoms with Gasteiger partial charge in [0.2, 0.25) is 6.29 Å². The lowest BCUT2D eigenvalue weighted by Gasteiger charge is -2.13. The highest BCUT2D eigenvalue weighted by Gasteiger charge is 2.08. The molecule has 1 N–H and O–H groups in total. The van der Waals surface area contributed by atoms with Crippen LogP contribution in [0.3, 0.4) is 0 Å². The van der Waals surface area contributed by atoms with Crippen LogP contribution >= 0.6 is 0 Å². The summed E-state index contributed by atoms with van der Waals surface area (Å²) in [4.78, 5) is 0. The van der Waals surface area contributed by atoms with Crippen molar-refractivity contribution in [3.8, 4) is 11.8 Å². The molecule has 0 amide bonds. The van der Waals surface area contributed by atoms with Crippen molar-refractivity contribution in [3.63, 3.8) is 0 Å². The number of nitriles is 1. The van der Waals surface area contributed by atoms with Crippen molar-refractivity contribution in [1.82, 2.24) is 0 Å². The molecule has 0 aliphatic rings. The Morgan fingerprint density at radius 2 is 1.67 bits per heavy atom. The maximum atomic E-state index is 9.90. The molecular weight excluding hydrogens is 226 g/mol. The van der Waals surface area contributed by atoms with Gasteiger partial charge in [-0.15, -0.1) is 0 Å². The third-order valence-corrected chi connectivity index (χ3v) is 2.59. The number of benzene rings is 2. The van der Waals surface area contributed by atoms with Crippen LogP contribution in [0.5, 0.6) is 5.75 Å². The molecule has 1 atom stereocenters. The molecule has 1 unspecified atom stereocenters. The second-order valence-corrected chi connectivity index (χ2v) is 4.02. The van der Waals surface area contributed by atoms with Crippen molar-refractivity contribution in [2.24, 2.45) is 0 Å². The van der Waals surface area contributed by atoms with Gasteiger partial charge in [0.15, 0.2) is 0 Å². The average molecular weight is 239 g/mol. The highest BCUT2D eigenvalue weighted by Crippen LogP contribution is 2.20. The van der Waals surface area contributed by atoms with E-state index in [0.29, 0.717) is 16.9 Å². The molecule has 2 rings (SSSR count). The van der Waals surface area contributed by atoms with E-state index >= 15 is 0 Å². The van der Waals surface area contributed by atoms with Gasteiger partial charge in [0, 0.05) is 5.56 Å². The summed E-state index contributed by atoms with van der Waals surface area (Å²) >= 11 is 0. The van der Waals surface area contributed by atoms with Crippen LogP contribution in [0.4, 0.5) is 0 Å². The zero-order valence-electron chi connectivity index (χ0n) is 10.00. The lowest BCUT2D eigenvalue weighted by atomic mass is 10.1. The van der Waals surface area contributed by atoms with Crippen LogP contribution in [0, 0.1) is 18.3 Å². The van der Waals surface area contributed by atoms with Crippen LogP contribution < -0.4 is 4.74 Å². The van der Waals surface area contributed by atoms with Crippen molar-refractivity contribution in [3.05, 3.63) is 65.2 Å². The first-order valence-corrected chi connectivity index (χ1v) is 5.60. The topological polar surface area (TPSA) is 53.2 Å². The van der Waals surface area contributed by atoms with E-state index in [1.807, 2.05) is 37.3 Å². The molecule has 0 bridgehead atoms. The molecule has 90 valence electrons. The highest BCUT2D eigenvalue weighted by molar-refractivity contribution is 5.33. The highest BCUT2D eigenvalue weighted by atomic mass is 16.6. The zero-order valence-corrected chi connectivity index (χ0v) is 10.00. The third kappa shape index (κ3) is 2.88. The number of ether oxygens (including phenoxy) is 1. The lowest BCUT2D eigenvalue weighted by molar-refractivity contribution is -0.0194.